The van der Waals surface area contributed by atoms with Gasteiger partial charge in [-0.25, -0.2) is 14.0 Å². The molecule has 1 atom stereocenters. The zero-order chi connectivity index (χ0) is 20.0. The molecule has 0 fully saturated rings. The van der Waals surface area contributed by atoms with E-state index in [1.54, 1.807) is 13.8 Å². The van der Waals surface area contributed by atoms with Gasteiger partial charge in [-0.2, -0.15) is 0 Å². The van der Waals surface area contributed by atoms with Gasteiger partial charge in [0.05, 0.1) is 12.7 Å². The SMILES string of the molecule is COC(=O)c1ccc(OC(=O)[C@@H](NC(=O)c2ccc(F)cc2)C(C)C)cc1. The van der Waals surface area contributed by atoms with Crippen LogP contribution < -0.4 is 10.1 Å². The molecule has 2 aromatic carbocycles. The lowest BCUT2D eigenvalue weighted by atomic mass is 10.0. The van der Waals surface area contributed by atoms with Gasteiger partial charge in [-0.3, -0.25) is 4.79 Å². The summed E-state index contributed by atoms with van der Waals surface area (Å²) in [5.41, 5.74) is 0.555. The second-order valence-corrected chi connectivity index (χ2v) is 6.14. The Labute approximate surface area is 156 Å². The molecule has 0 bridgehead atoms. The molecular weight excluding hydrogens is 353 g/mol. The van der Waals surface area contributed by atoms with Gasteiger partial charge in [0.15, 0.2) is 0 Å². The van der Waals surface area contributed by atoms with Gasteiger partial charge in [-0.1, -0.05) is 13.8 Å². The van der Waals surface area contributed by atoms with E-state index in [0.29, 0.717) is 5.56 Å². The molecule has 0 radical (unpaired) electrons. The van der Waals surface area contributed by atoms with E-state index in [2.05, 4.69) is 10.1 Å². The quantitative estimate of drug-likeness (QED) is 0.622. The first-order chi connectivity index (χ1) is 12.8. The van der Waals surface area contributed by atoms with Crippen LogP contribution in [0.5, 0.6) is 5.75 Å². The van der Waals surface area contributed by atoms with Crippen molar-refractivity contribution in [1.82, 2.24) is 5.32 Å². The number of hydrogen-bond acceptors (Lipinski definition) is 5. The Bertz CT molecular complexity index is 815. The molecule has 1 N–H and O–H groups in total. The fourth-order valence-electron chi connectivity index (χ4n) is 2.28. The molecule has 1 amide bonds. The van der Waals surface area contributed by atoms with E-state index in [1.165, 1.54) is 55.6 Å². The standard InChI is InChI=1S/C20H20FNO5/c1-12(2)17(22-18(23)13-4-8-15(21)9-5-13)20(25)27-16-10-6-14(7-11-16)19(24)26-3/h4-12,17H,1-3H3,(H,22,23)/t17-/m0/s1. The molecule has 0 aliphatic rings. The summed E-state index contributed by atoms with van der Waals surface area (Å²) in [5.74, 6) is -2.12. The summed E-state index contributed by atoms with van der Waals surface area (Å²) in [6.07, 6.45) is 0. The van der Waals surface area contributed by atoms with Crippen molar-refractivity contribution in [2.45, 2.75) is 19.9 Å². The molecule has 0 heterocycles. The molecule has 0 aliphatic heterocycles. The molecule has 7 heteroatoms. The molecule has 6 nitrogen and oxygen atoms in total. The van der Waals surface area contributed by atoms with Crippen LogP contribution in [0.4, 0.5) is 4.39 Å². The van der Waals surface area contributed by atoms with Crippen molar-refractivity contribution in [3.8, 4) is 5.75 Å². The van der Waals surface area contributed by atoms with E-state index in [9.17, 15) is 18.8 Å². The van der Waals surface area contributed by atoms with Crippen molar-refractivity contribution >= 4 is 17.8 Å². The summed E-state index contributed by atoms with van der Waals surface area (Å²) in [6.45, 7) is 3.52. The number of nitrogens with one attached hydrogen (secondary N) is 1. The largest absolute Gasteiger partial charge is 0.465 e. The van der Waals surface area contributed by atoms with Crippen LogP contribution in [0.25, 0.3) is 0 Å². The van der Waals surface area contributed by atoms with Crippen LogP contribution >= 0.6 is 0 Å². The molecule has 27 heavy (non-hydrogen) atoms. The third kappa shape index (κ3) is 5.37. The number of methoxy groups -OCH3 is 1. The first kappa shape index (κ1) is 20.1. The smallest absolute Gasteiger partial charge is 0.337 e. The van der Waals surface area contributed by atoms with Crippen LogP contribution in [-0.4, -0.2) is 31.0 Å². The van der Waals surface area contributed by atoms with Crippen LogP contribution in [-0.2, 0) is 9.53 Å². The number of carbonyl (C=O) groups excluding carboxylic acids is 3. The van der Waals surface area contributed by atoms with Crippen LogP contribution in [0, 0.1) is 11.7 Å². The summed E-state index contributed by atoms with van der Waals surface area (Å²) in [4.78, 5) is 36.2. The Morgan fingerprint density at radius 3 is 2.00 bits per heavy atom. The number of amides is 1. The van der Waals surface area contributed by atoms with Crippen molar-refractivity contribution in [1.29, 1.82) is 0 Å². The number of halogens is 1. The highest BCUT2D eigenvalue weighted by Gasteiger charge is 2.26. The van der Waals surface area contributed by atoms with Gasteiger partial charge in [0, 0.05) is 5.56 Å². The molecule has 2 rings (SSSR count). The Balaban J connectivity index is 2.07. The fourth-order valence-corrected chi connectivity index (χ4v) is 2.28. The fraction of sp³-hybridized carbons (Fsp3) is 0.250. The highest BCUT2D eigenvalue weighted by atomic mass is 19.1. The van der Waals surface area contributed by atoms with Crippen molar-refractivity contribution in [3.63, 3.8) is 0 Å². The van der Waals surface area contributed by atoms with Crippen molar-refractivity contribution in [2.75, 3.05) is 7.11 Å². The van der Waals surface area contributed by atoms with Gasteiger partial charge in [0.2, 0.25) is 0 Å². The number of rotatable bonds is 6. The highest BCUT2D eigenvalue weighted by Crippen LogP contribution is 2.15. The minimum atomic E-state index is -0.900. The predicted molar refractivity (Wildman–Crippen MR) is 95.9 cm³/mol. The lowest BCUT2D eigenvalue weighted by molar-refractivity contribution is -0.137. The van der Waals surface area contributed by atoms with E-state index in [0.717, 1.165) is 0 Å². The second kappa shape index (κ2) is 8.93. The summed E-state index contributed by atoms with van der Waals surface area (Å²) < 4.78 is 22.9. The van der Waals surface area contributed by atoms with Crippen molar-refractivity contribution in [2.24, 2.45) is 5.92 Å². The molecule has 0 unspecified atom stereocenters. The van der Waals surface area contributed by atoms with Gasteiger partial charge < -0.3 is 14.8 Å². The molecule has 0 spiro atoms. The molecule has 0 saturated carbocycles. The number of esters is 2. The van der Waals surface area contributed by atoms with Gasteiger partial charge in [-0.15, -0.1) is 0 Å². The molecular formula is C20H20FNO5. The summed E-state index contributed by atoms with van der Waals surface area (Å²) in [6, 6.07) is 9.96. The van der Waals surface area contributed by atoms with Gasteiger partial charge in [0.1, 0.15) is 17.6 Å². The number of hydrogen-bond donors (Lipinski definition) is 1. The van der Waals surface area contributed by atoms with E-state index in [4.69, 9.17) is 4.74 Å². The predicted octanol–water partition coefficient (Wildman–Crippen LogP) is 2.97. The summed E-state index contributed by atoms with van der Waals surface area (Å²) in [7, 11) is 1.27. The average molecular weight is 373 g/mol. The normalized spacial score (nSPS) is 11.6. The molecule has 0 aromatic heterocycles. The lowest BCUT2D eigenvalue weighted by Crippen LogP contribution is -2.46. The Morgan fingerprint density at radius 2 is 1.48 bits per heavy atom. The maximum atomic E-state index is 13.0. The maximum absolute atomic E-state index is 13.0. The Hall–Kier alpha value is -3.22. The average Bonchev–Trinajstić information content (AvgIpc) is 2.66. The minimum Gasteiger partial charge on any atom is -0.465 e. The summed E-state index contributed by atoms with van der Waals surface area (Å²) >= 11 is 0. The van der Waals surface area contributed by atoms with Crippen LogP contribution in [0.3, 0.4) is 0 Å². The minimum absolute atomic E-state index is 0.231. The van der Waals surface area contributed by atoms with Crippen molar-refractivity contribution in [3.05, 3.63) is 65.5 Å². The van der Waals surface area contributed by atoms with Gasteiger partial charge in [-0.05, 0) is 54.4 Å². The molecule has 0 aliphatic carbocycles. The van der Waals surface area contributed by atoms with Gasteiger partial charge in [0.25, 0.3) is 5.91 Å². The van der Waals surface area contributed by atoms with E-state index < -0.39 is 29.7 Å². The third-order valence-corrected chi connectivity index (χ3v) is 3.81. The van der Waals surface area contributed by atoms with Crippen LogP contribution in [0.1, 0.15) is 34.6 Å². The molecule has 2 aromatic rings. The zero-order valence-corrected chi connectivity index (χ0v) is 15.2. The van der Waals surface area contributed by atoms with E-state index >= 15 is 0 Å². The summed E-state index contributed by atoms with van der Waals surface area (Å²) in [5, 5.41) is 2.60. The maximum Gasteiger partial charge on any atom is 0.337 e. The van der Waals surface area contributed by atoms with Gasteiger partial charge >= 0.3 is 11.9 Å². The second-order valence-electron chi connectivity index (χ2n) is 6.14. The topological polar surface area (TPSA) is 81.7 Å². The Morgan fingerprint density at radius 1 is 0.926 bits per heavy atom. The monoisotopic (exact) mass is 373 g/mol. The van der Waals surface area contributed by atoms with E-state index in [-0.39, 0.29) is 17.2 Å². The van der Waals surface area contributed by atoms with E-state index in [1.807, 2.05) is 0 Å². The lowest BCUT2D eigenvalue weighted by Gasteiger charge is -2.20. The van der Waals surface area contributed by atoms with Crippen LogP contribution in [0.15, 0.2) is 48.5 Å². The molecule has 0 saturated heterocycles. The molecule has 142 valence electrons. The Kier molecular flexibility index (Phi) is 6.65. The first-order valence-electron chi connectivity index (χ1n) is 8.28. The number of carbonyl (C=O) groups is 3. The van der Waals surface area contributed by atoms with Crippen molar-refractivity contribution < 1.29 is 28.2 Å². The number of benzene rings is 2. The highest BCUT2D eigenvalue weighted by molar-refractivity contribution is 5.97. The van der Waals surface area contributed by atoms with Crippen LogP contribution in [0.2, 0.25) is 0 Å². The first-order valence-corrected chi connectivity index (χ1v) is 8.28. The number of ether oxygens (including phenoxy) is 2. The zero-order valence-electron chi connectivity index (χ0n) is 15.2. The third-order valence-electron chi connectivity index (χ3n) is 3.81.